The molecule has 0 unspecified atom stereocenters. The highest BCUT2D eigenvalue weighted by molar-refractivity contribution is 5.75. The fourth-order valence-electron chi connectivity index (χ4n) is 3.29. The molecule has 0 radical (unpaired) electrons. The Morgan fingerprint density at radius 3 is 3.00 bits per heavy atom. The number of aliphatic hydroxyl groups excluding tert-OH is 1. The van der Waals surface area contributed by atoms with Gasteiger partial charge in [-0.05, 0) is 11.6 Å². The predicted molar refractivity (Wildman–Crippen MR) is 68.3 cm³/mol. The van der Waals surface area contributed by atoms with Crippen LogP contribution in [0.5, 0.6) is 5.88 Å². The molecule has 0 aromatic carbocycles. The SMILES string of the molecule is COC(=O)[C@@H]1[C@@H](c2ccnc(OC)c2)[C@H]2O[C@@H]1C[C@@H]2O. The van der Waals surface area contributed by atoms with Gasteiger partial charge in [-0.1, -0.05) is 0 Å². The molecule has 20 heavy (non-hydrogen) atoms. The van der Waals surface area contributed by atoms with Crippen molar-refractivity contribution in [3.63, 3.8) is 0 Å². The quantitative estimate of drug-likeness (QED) is 0.812. The van der Waals surface area contributed by atoms with E-state index < -0.39 is 6.10 Å². The Bertz CT molecular complexity index is 520. The van der Waals surface area contributed by atoms with Crippen LogP contribution in [0.1, 0.15) is 17.9 Å². The first kappa shape index (κ1) is 13.3. The average molecular weight is 279 g/mol. The number of rotatable bonds is 3. The Labute approximate surface area is 116 Å². The number of pyridine rings is 1. The van der Waals surface area contributed by atoms with E-state index in [-0.39, 0.29) is 30.0 Å². The number of methoxy groups -OCH3 is 2. The zero-order valence-corrected chi connectivity index (χ0v) is 11.4. The van der Waals surface area contributed by atoms with Gasteiger partial charge in [0.2, 0.25) is 5.88 Å². The van der Waals surface area contributed by atoms with E-state index >= 15 is 0 Å². The van der Waals surface area contributed by atoms with Crippen LogP contribution in [0.25, 0.3) is 0 Å². The molecule has 0 amide bonds. The van der Waals surface area contributed by atoms with Gasteiger partial charge in [-0.3, -0.25) is 4.79 Å². The van der Waals surface area contributed by atoms with Crippen LogP contribution in [0.3, 0.4) is 0 Å². The van der Waals surface area contributed by atoms with E-state index in [9.17, 15) is 9.90 Å². The van der Waals surface area contributed by atoms with Gasteiger partial charge < -0.3 is 19.3 Å². The number of esters is 1. The molecule has 0 aliphatic carbocycles. The van der Waals surface area contributed by atoms with Crippen molar-refractivity contribution in [3.8, 4) is 5.88 Å². The van der Waals surface area contributed by atoms with Crippen LogP contribution >= 0.6 is 0 Å². The summed E-state index contributed by atoms with van der Waals surface area (Å²) in [6, 6.07) is 3.59. The molecule has 1 aromatic heterocycles. The molecule has 6 heteroatoms. The Balaban J connectivity index is 1.97. The summed E-state index contributed by atoms with van der Waals surface area (Å²) < 4.78 is 15.7. The molecule has 2 aliphatic heterocycles. The first-order chi connectivity index (χ1) is 9.65. The topological polar surface area (TPSA) is 77.9 Å². The van der Waals surface area contributed by atoms with Gasteiger partial charge in [0, 0.05) is 24.6 Å². The number of ether oxygens (including phenoxy) is 3. The maximum Gasteiger partial charge on any atom is 0.312 e. The largest absolute Gasteiger partial charge is 0.481 e. The Morgan fingerprint density at radius 2 is 2.30 bits per heavy atom. The highest BCUT2D eigenvalue weighted by atomic mass is 16.5. The molecule has 0 spiro atoms. The normalized spacial score (nSPS) is 35.0. The molecular formula is C14H17NO5. The van der Waals surface area contributed by atoms with E-state index in [0.717, 1.165) is 5.56 Å². The van der Waals surface area contributed by atoms with E-state index in [4.69, 9.17) is 14.2 Å². The minimum Gasteiger partial charge on any atom is -0.481 e. The van der Waals surface area contributed by atoms with Gasteiger partial charge in [0.15, 0.2) is 0 Å². The molecule has 2 saturated heterocycles. The predicted octanol–water partition coefficient (Wildman–Crippen LogP) is 0.495. The van der Waals surface area contributed by atoms with Crippen molar-refractivity contribution >= 4 is 5.97 Å². The number of aromatic nitrogens is 1. The van der Waals surface area contributed by atoms with Crippen LogP contribution < -0.4 is 4.74 Å². The van der Waals surface area contributed by atoms with Gasteiger partial charge in [-0.15, -0.1) is 0 Å². The first-order valence-electron chi connectivity index (χ1n) is 6.57. The number of nitrogens with zero attached hydrogens (tertiary/aromatic N) is 1. The van der Waals surface area contributed by atoms with Crippen LogP contribution in [0, 0.1) is 5.92 Å². The molecular weight excluding hydrogens is 262 g/mol. The van der Waals surface area contributed by atoms with Crippen molar-refractivity contribution in [3.05, 3.63) is 23.9 Å². The molecule has 0 saturated carbocycles. The Morgan fingerprint density at radius 1 is 1.50 bits per heavy atom. The van der Waals surface area contributed by atoms with Crippen molar-refractivity contribution in [1.29, 1.82) is 0 Å². The first-order valence-corrected chi connectivity index (χ1v) is 6.57. The Hall–Kier alpha value is -1.66. The maximum absolute atomic E-state index is 12.0. The summed E-state index contributed by atoms with van der Waals surface area (Å²) in [5.41, 5.74) is 0.874. The molecule has 5 atom stereocenters. The van der Waals surface area contributed by atoms with Gasteiger partial charge in [-0.2, -0.15) is 0 Å². The molecule has 2 fully saturated rings. The smallest absolute Gasteiger partial charge is 0.312 e. The van der Waals surface area contributed by atoms with E-state index in [2.05, 4.69) is 4.98 Å². The van der Waals surface area contributed by atoms with Gasteiger partial charge in [0.05, 0.1) is 38.4 Å². The monoisotopic (exact) mass is 279 g/mol. The minimum atomic E-state index is -0.551. The van der Waals surface area contributed by atoms with Crippen LogP contribution in [0.2, 0.25) is 0 Å². The van der Waals surface area contributed by atoms with E-state index in [1.807, 2.05) is 6.07 Å². The summed E-state index contributed by atoms with van der Waals surface area (Å²) in [5.74, 6) is -0.442. The Kier molecular flexibility index (Phi) is 3.35. The zero-order chi connectivity index (χ0) is 14.3. The molecule has 1 aromatic rings. The molecule has 3 heterocycles. The second-order valence-electron chi connectivity index (χ2n) is 5.15. The third kappa shape index (κ3) is 1.96. The zero-order valence-electron chi connectivity index (χ0n) is 11.4. The summed E-state index contributed by atoms with van der Waals surface area (Å²) in [7, 11) is 2.91. The number of hydrogen-bond acceptors (Lipinski definition) is 6. The van der Waals surface area contributed by atoms with Crippen molar-refractivity contribution in [2.24, 2.45) is 5.92 Å². The number of fused-ring (bicyclic) bond motifs is 2. The van der Waals surface area contributed by atoms with Crippen LogP contribution in [0.15, 0.2) is 18.3 Å². The molecule has 1 N–H and O–H groups in total. The second-order valence-corrected chi connectivity index (χ2v) is 5.15. The van der Waals surface area contributed by atoms with Crippen LogP contribution in [-0.2, 0) is 14.3 Å². The van der Waals surface area contributed by atoms with Crippen LogP contribution in [-0.4, -0.2) is 48.6 Å². The molecule has 3 rings (SSSR count). The maximum atomic E-state index is 12.0. The van der Waals surface area contributed by atoms with E-state index in [0.29, 0.717) is 12.3 Å². The van der Waals surface area contributed by atoms with E-state index in [1.165, 1.54) is 14.2 Å². The summed E-state index contributed by atoms with van der Waals surface area (Å²) in [6.07, 6.45) is 0.886. The van der Waals surface area contributed by atoms with Crippen molar-refractivity contribution < 1.29 is 24.1 Å². The lowest BCUT2D eigenvalue weighted by Crippen LogP contribution is -2.39. The van der Waals surface area contributed by atoms with Gasteiger partial charge in [0.1, 0.15) is 0 Å². The summed E-state index contributed by atoms with van der Waals surface area (Å²) in [4.78, 5) is 16.1. The lowest BCUT2D eigenvalue weighted by atomic mass is 9.74. The van der Waals surface area contributed by atoms with Crippen LogP contribution in [0.4, 0.5) is 0 Å². The third-order valence-electron chi connectivity index (χ3n) is 4.15. The molecule has 2 bridgehead atoms. The highest BCUT2D eigenvalue weighted by Gasteiger charge is 2.57. The molecule has 6 nitrogen and oxygen atoms in total. The van der Waals surface area contributed by atoms with Gasteiger partial charge in [-0.25, -0.2) is 4.98 Å². The van der Waals surface area contributed by atoms with Crippen molar-refractivity contribution in [2.45, 2.75) is 30.7 Å². The van der Waals surface area contributed by atoms with Crippen molar-refractivity contribution in [1.82, 2.24) is 4.98 Å². The molecule has 2 aliphatic rings. The average Bonchev–Trinajstić information content (AvgIpc) is 3.03. The number of aliphatic hydroxyl groups is 1. The third-order valence-corrected chi connectivity index (χ3v) is 4.15. The standard InChI is InChI=1S/C14H17NO5/c1-18-10-5-7(3-4-15-10)11-12(14(17)19-2)9-6-8(16)13(11)20-9/h3-5,8-9,11-13,16H,6H2,1-2H3/t8-,9+,11+,12-,13-/m0/s1. The van der Waals surface area contributed by atoms with E-state index in [1.54, 1.807) is 12.3 Å². The van der Waals surface area contributed by atoms with Crippen molar-refractivity contribution in [2.75, 3.05) is 14.2 Å². The summed E-state index contributed by atoms with van der Waals surface area (Å²) >= 11 is 0. The fourth-order valence-corrected chi connectivity index (χ4v) is 3.29. The number of carbonyl (C=O) groups is 1. The highest BCUT2D eigenvalue weighted by Crippen LogP contribution is 2.49. The minimum absolute atomic E-state index is 0.229. The lowest BCUT2D eigenvalue weighted by Gasteiger charge is -2.29. The lowest BCUT2D eigenvalue weighted by molar-refractivity contribution is -0.147. The summed E-state index contributed by atoms with van der Waals surface area (Å²) in [5, 5.41) is 10.0. The molecule has 108 valence electrons. The summed E-state index contributed by atoms with van der Waals surface area (Å²) in [6.45, 7) is 0. The van der Waals surface area contributed by atoms with Gasteiger partial charge in [0.25, 0.3) is 0 Å². The number of hydrogen-bond donors (Lipinski definition) is 1. The fraction of sp³-hybridized carbons (Fsp3) is 0.571. The second kappa shape index (κ2) is 5.03. The number of carbonyl (C=O) groups excluding carboxylic acids is 1. The van der Waals surface area contributed by atoms with Gasteiger partial charge >= 0.3 is 5.97 Å².